The highest BCUT2D eigenvalue weighted by Crippen LogP contribution is 2.08. The van der Waals surface area contributed by atoms with Crippen LogP contribution in [-0.4, -0.2) is 44.0 Å². The molecule has 0 saturated heterocycles. The molecule has 0 fully saturated rings. The molecule has 0 bridgehead atoms. The smallest absolute Gasteiger partial charge is 0.305 e. The zero-order valence-electron chi connectivity index (χ0n) is 15.1. The molecule has 0 aromatic carbocycles. The van der Waals surface area contributed by atoms with Crippen LogP contribution in [0.3, 0.4) is 0 Å². The molecule has 136 valence electrons. The maximum Gasteiger partial charge on any atom is 0.305 e. The molecule has 1 atom stereocenters. The second kappa shape index (κ2) is 14.5. The van der Waals surface area contributed by atoms with Gasteiger partial charge in [0.05, 0.1) is 0 Å². The number of ether oxygens (including phenoxy) is 3. The Labute approximate surface area is 140 Å². The van der Waals surface area contributed by atoms with Crippen LogP contribution in [0.2, 0.25) is 0 Å². The third-order valence-corrected chi connectivity index (χ3v) is 3.29. The number of unbranched alkanes of at least 4 members (excludes halogenated alkanes) is 4. The van der Waals surface area contributed by atoms with Crippen molar-refractivity contribution in [3.63, 3.8) is 0 Å². The van der Waals surface area contributed by atoms with Gasteiger partial charge in [-0.15, -0.1) is 0 Å². The lowest BCUT2D eigenvalue weighted by molar-refractivity contribution is -0.171. The molecule has 0 saturated carbocycles. The van der Waals surface area contributed by atoms with E-state index in [1.165, 1.54) is 19.8 Å². The molecule has 0 heterocycles. The fourth-order valence-electron chi connectivity index (χ4n) is 2.19. The van der Waals surface area contributed by atoms with Crippen LogP contribution < -0.4 is 5.32 Å². The van der Waals surface area contributed by atoms with E-state index in [-0.39, 0.29) is 18.5 Å². The molecular formula is C17H33NO5. The van der Waals surface area contributed by atoms with E-state index in [2.05, 4.69) is 12.2 Å². The maximum absolute atomic E-state index is 11.8. The van der Waals surface area contributed by atoms with E-state index in [9.17, 15) is 9.59 Å². The van der Waals surface area contributed by atoms with Crippen LogP contribution in [0, 0.1) is 0 Å². The zero-order valence-corrected chi connectivity index (χ0v) is 15.1. The number of amides is 1. The van der Waals surface area contributed by atoms with Crippen molar-refractivity contribution in [1.29, 1.82) is 0 Å². The van der Waals surface area contributed by atoms with Crippen LogP contribution in [0.4, 0.5) is 0 Å². The van der Waals surface area contributed by atoms with Crippen molar-refractivity contribution in [2.45, 2.75) is 78.6 Å². The largest absolute Gasteiger partial charge is 0.463 e. The van der Waals surface area contributed by atoms with Crippen LogP contribution in [0.5, 0.6) is 0 Å². The highest BCUT2D eigenvalue weighted by atomic mass is 16.7. The van der Waals surface area contributed by atoms with Crippen LogP contribution in [-0.2, 0) is 23.8 Å². The summed E-state index contributed by atoms with van der Waals surface area (Å²) in [7, 11) is 0. The molecule has 0 aliphatic carbocycles. The summed E-state index contributed by atoms with van der Waals surface area (Å²) >= 11 is 0. The number of rotatable bonds is 14. The average Bonchev–Trinajstić information content (AvgIpc) is 2.50. The van der Waals surface area contributed by atoms with E-state index in [1.807, 2.05) is 13.8 Å². The van der Waals surface area contributed by atoms with Gasteiger partial charge in [-0.2, -0.15) is 0 Å². The van der Waals surface area contributed by atoms with Crippen molar-refractivity contribution in [3.05, 3.63) is 0 Å². The van der Waals surface area contributed by atoms with Crippen LogP contribution in [0.15, 0.2) is 0 Å². The van der Waals surface area contributed by atoms with Gasteiger partial charge in [0.15, 0.2) is 6.29 Å². The van der Waals surface area contributed by atoms with Crippen molar-refractivity contribution in [1.82, 2.24) is 5.32 Å². The van der Waals surface area contributed by atoms with Gasteiger partial charge in [0.1, 0.15) is 12.6 Å². The predicted octanol–water partition coefficient (Wildman–Crippen LogP) is 2.79. The number of nitrogens with one attached hydrogen (secondary N) is 1. The molecule has 0 spiro atoms. The van der Waals surface area contributed by atoms with Crippen molar-refractivity contribution in [2.24, 2.45) is 0 Å². The number of esters is 1. The third-order valence-electron chi connectivity index (χ3n) is 3.29. The Kier molecular flexibility index (Phi) is 13.7. The number of carbonyl (C=O) groups is 2. The molecular weight excluding hydrogens is 298 g/mol. The molecule has 23 heavy (non-hydrogen) atoms. The summed E-state index contributed by atoms with van der Waals surface area (Å²) in [6, 6.07) is -0.503. The van der Waals surface area contributed by atoms with E-state index < -0.39 is 12.3 Å². The third kappa shape index (κ3) is 12.0. The first kappa shape index (κ1) is 21.9. The summed E-state index contributed by atoms with van der Waals surface area (Å²) in [6.07, 6.45) is 5.19. The van der Waals surface area contributed by atoms with E-state index in [0.29, 0.717) is 19.6 Å². The summed E-state index contributed by atoms with van der Waals surface area (Å²) < 4.78 is 16.2. The van der Waals surface area contributed by atoms with E-state index >= 15 is 0 Å². The highest BCUT2D eigenvalue weighted by molar-refractivity contribution is 5.73. The fourth-order valence-corrected chi connectivity index (χ4v) is 2.19. The van der Waals surface area contributed by atoms with Gasteiger partial charge in [-0.1, -0.05) is 32.6 Å². The van der Waals surface area contributed by atoms with E-state index in [1.54, 1.807) is 0 Å². The minimum Gasteiger partial charge on any atom is -0.463 e. The second-order valence-electron chi connectivity index (χ2n) is 5.43. The Morgan fingerprint density at radius 3 is 2.09 bits per heavy atom. The Balaban J connectivity index is 4.25. The highest BCUT2D eigenvalue weighted by Gasteiger charge is 2.25. The molecule has 1 amide bonds. The molecule has 1 N–H and O–H groups in total. The summed E-state index contributed by atoms with van der Waals surface area (Å²) in [5.41, 5.74) is 0. The lowest BCUT2D eigenvalue weighted by Gasteiger charge is -2.26. The van der Waals surface area contributed by atoms with Crippen LogP contribution in [0.25, 0.3) is 0 Å². The zero-order chi connectivity index (χ0) is 17.5. The van der Waals surface area contributed by atoms with Gasteiger partial charge in [-0.3, -0.25) is 9.59 Å². The molecule has 6 heteroatoms. The van der Waals surface area contributed by atoms with Gasteiger partial charge >= 0.3 is 5.97 Å². The van der Waals surface area contributed by atoms with Crippen LogP contribution in [0.1, 0.15) is 66.2 Å². The quantitative estimate of drug-likeness (QED) is 0.301. The Morgan fingerprint density at radius 1 is 0.957 bits per heavy atom. The topological polar surface area (TPSA) is 73.9 Å². The Bertz CT molecular complexity index is 316. The first-order valence-electron chi connectivity index (χ1n) is 8.70. The van der Waals surface area contributed by atoms with Gasteiger partial charge in [0.25, 0.3) is 0 Å². The van der Waals surface area contributed by atoms with Gasteiger partial charge in [0.2, 0.25) is 5.91 Å². The number of hydrogen-bond donors (Lipinski definition) is 1. The standard InChI is InChI=1S/C17H33NO5/c1-5-8-9-10-11-12-16(20)23-13-15(18-14(4)19)17(21-6-2)22-7-3/h15,17H,5-13H2,1-4H3,(H,18,19). The van der Waals surface area contributed by atoms with E-state index in [0.717, 1.165) is 19.3 Å². The Hall–Kier alpha value is -1.14. The lowest BCUT2D eigenvalue weighted by atomic mass is 10.1. The van der Waals surface area contributed by atoms with Gasteiger partial charge in [0, 0.05) is 26.6 Å². The van der Waals surface area contributed by atoms with Gasteiger partial charge in [-0.25, -0.2) is 0 Å². The molecule has 1 unspecified atom stereocenters. The molecule has 0 aliphatic heterocycles. The molecule has 0 radical (unpaired) electrons. The van der Waals surface area contributed by atoms with E-state index in [4.69, 9.17) is 14.2 Å². The average molecular weight is 331 g/mol. The minimum absolute atomic E-state index is 0.0536. The molecule has 0 rings (SSSR count). The lowest BCUT2D eigenvalue weighted by Crippen LogP contribution is -2.48. The summed E-state index contributed by atoms with van der Waals surface area (Å²) in [5, 5.41) is 2.72. The number of hydrogen-bond acceptors (Lipinski definition) is 5. The summed E-state index contributed by atoms with van der Waals surface area (Å²) in [4.78, 5) is 23.1. The molecule has 0 aromatic rings. The molecule has 6 nitrogen and oxygen atoms in total. The molecule has 0 aromatic heterocycles. The van der Waals surface area contributed by atoms with Crippen LogP contribution >= 0.6 is 0 Å². The first-order valence-corrected chi connectivity index (χ1v) is 8.70. The molecule has 0 aliphatic rings. The monoisotopic (exact) mass is 331 g/mol. The summed E-state index contributed by atoms with van der Waals surface area (Å²) in [6.45, 7) is 8.22. The van der Waals surface area contributed by atoms with Crippen molar-refractivity contribution < 1.29 is 23.8 Å². The van der Waals surface area contributed by atoms with Crippen molar-refractivity contribution in [3.8, 4) is 0 Å². The van der Waals surface area contributed by atoms with Gasteiger partial charge < -0.3 is 19.5 Å². The second-order valence-corrected chi connectivity index (χ2v) is 5.43. The maximum atomic E-state index is 11.8. The Morgan fingerprint density at radius 2 is 1.57 bits per heavy atom. The van der Waals surface area contributed by atoms with Crippen molar-refractivity contribution >= 4 is 11.9 Å². The normalized spacial score (nSPS) is 12.2. The predicted molar refractivity (Wildman–Crippen MR) is 89.0 cm³/mol. The minimum atomic E-state index is -0.619. The van der Waals surface area contributed by atoms with Crippen molar-refractivity contribution in [2.75, 3.05) is 19.8 Å². The SMILES string of the molecule is CCCCCCCC(=O)OCC(NC(C)=O)C(OCC)OCC. The number of carbonyl (C=O) groups excluding carboxylic acids is 2. The summed E-state index contributed by atoms with van der Waals surface area (Å²) in [5.74, 6) is -0.460. The van der Waals surface area contributed by atoms with Gasteiger partial charge in [-0.05, 0) is 20.3 Å². The fraction of sp³-hybridized carbons (Fsp3) is 0.882. The first-order chi connectivity index (χ1) is 11.0.